The average molecular weight is 285 g/mol. The highest BCUT2D eigenvalue weighted by molar-refractivity contribution is 5.79. The summed E-state index contributed by atoms with van der Waals surface area (Å²) < 4.78 is 0. The van der Waals surface area contributed by atoms with Gasteiger partial charge in [0.1, 0.15) is 5.54 Å². The van der Waals surface area contributed by atoms with E-state index in [-0.39, 0.29) is 11.8 Å². The van der Waals surface area contributed by atoms with E-state index in [1.807, 2.05) is 19.9 Å². The molecule has 21 heavy (non-hydrogen) atoms. The Morgan fingerprint density at radius 1 is 1.43 bits per heavy atom. The Labute approximate surface area is 126 Å². The first-order chi connectivity index (χ1) is 9.94. The Bertz CT molecular complexity index is 561. The minimum Gasteiger partial charge on any atom is -0.337 e. The standard InChI is InChI=1S/C17H23N3O/c1-13(2)17(3,12-18)19-16(21)11-20-9-8-14-6-4-5-7-15(14)10-20/h4-7,13H,8-11H2,1-3H3,(H,19,21)/t17-/m1/s1. The van der Waals surface area contributed by atoms with E-state index in [9.17, 15) is 10.1 Å². The summed E-state index contributed by atoms with van der Waals surface area (Å²) in [5.74, 6) is 0.000614. The van der Waals surface area contributed by atoms with Crippen LogP contribution in [0.3, 0.4) is 0 Å². The highest BCUT2D eigenvalue weighted by Gasteiger charge is 2.30. The van der Waals surface area contributed by atoms with Crippen LogP contribution >= 0.6 is 0 Å². The summed E-state index contributed by atoms with van der Waals surface area (Å²) >= 11 is 0. The van der Waals surface area contributed by atoms with Crippen molar-refractivity contribution in [2.75, 3.05) is 13.1 Å². The van der Waals surface area contributed by atoms with Gasteiger partial charge in [0, 0.05) is 13.1 Å². The number of rotatable bonds is 4. The highest BCUT2D eigenvalue weighted by atomic mass is 16.2. The maximum atomic E-state index is 12.2. The molecule has 4 heteroatoms. The first kappa shape index (κ1) is 15.5. The van der Waals surface area contributed by atoms with Crippen LogP contribution in [-0.4, -0.2) is 29.4 Å². The number of hydrogen-bond acceptors (Lipinski definition) is 3. The maximum Gasteiger partial charge on any atom is 0.235 e. The Balaban J connectivity index is 1.95. The van der Waals surface area contributed by atoms with Crippen LogP contribution in [-0.2, 0) is 17.8 Å². The van der Waals surface area contributed by atoms with Crippen LogP contribution in [0.5, 0.6) is 0 Å². The van der Waals surface area contributed by atoms with E-state index in [0.29, 0.717) is 6.54 Å². The van der Waals surface area contributed by atoms with E-state index in [2.05, 4.69) is 34.5 Å². The molecule has 4 nitrogen and oxygen atoms in total. The molecule has 2 rings (SSSR count). The molecule has 0 saturated heterocycles. The zero-order valence-corrected chi connectivity index (χ0v) is 13.0. The zero-order chi connectivity index (χ0) is 15.5. The Morgan fingerprint density at radius 3 is 2.71 bits per heavy atom. The quantitative estimate of drug-likeness (QED) is 0.921. The molecule has 1 aromatic carbocycles. The molecular formula is C17H23N3O. The largest absolute Gasteiger partial charge is 0.337 e. The van der Waals surface area contributed by atoms with Crippen molar-refractivity contribution in [3.8, 4) is 6.07 Å². The van der Waals surface area contributed by atoms with Gasteiger partial charge < -0.3 is 5.32 Å². The summed E-state index contributed by atoms with van der Waals surface area (Å²) in [6.45, 7) is 7.70. The molecule has 1 atom stereocenters. The van der Waals surface area contributed by atoms with Crippen LogP contribution in [0.2, 0.25) is 0 Å². The molecule has 0 aromatic heterocycles. The summed E-state index contributed by atoms with van der Waals surface area (Å²) in [7, 11) is 0. The van der Waals surface area contributed by atoms with Crippen molar-refractivity contribution in [1.29, 1.82) is 5.26 Å². The molecule has 0 aliphatic carbocycles. The van der Waals surface area contributed by atoms with Crippen molar-refractivity contribution < 1.29 is 4.79 Å². The Kier molecular flexibility index (Phi) is 4.64. The number of carbonyl (C=O) groups excluding carboxylic acids is 1. The number of nitrogens with zero attached hydrogens (tertiary/aromatic N) is 2. The molecule has 0 fully saturated rings. The van der Waals surface area contributed by atoms with Crippen LogP contribution in [0.1, 0.15) is 31.9 Å². The van der Waals surface area contributed by atoms with Gasteiger partial charge in [-0.05, 0) is 30.4 Å². The SMILES string of the molecule is CC(C)[C@@](C)(C#N)NC(=O)CN1CCc2ccccc2C1. The van der Waals surface area contributed by atoms with Crippen molar-refractivity contribution in [3.05, 3.63) is 35.4 Å². The van der Waals surface area contributed by atoms with E-state index < -0.39 is 5.54 Å². The monoisotopic (exact) mass is 285 g/mol. The number of hydrogen-bond donors (Lipinski definition) is 1. The van der Waals surface area contributed by atoms with Crippen molar-refractivity contribution in [1.82, 2.24) is 10.2 Å². The van der Waals surface area contributed by atoms with E-state index in [1.165, 1.54) is 11.1 Å². The van der Waals surface area contributed by atoms with Crippen LogP contribution in [0.15, 0.2) is 24.3 Å². The average Bonchev–Trinajstić information content (AvgIpc) is 2.46. The lowest BCUT2D eigenvalue weighted by atomic mass is 9.90. The molecule has 1 aromatic rings. The molecule has 1 aliphatic heterocycles. The number of fused-ring (bicyclic) bond motifs is 1. The van der Waals surface area contributed by atoms with Gasteiger partial charge in [0.25, 0.3) is 0 Å². The molecule has 1 aliphatic rings. The first-order valence-corrected chi connectivity index (χ1v) is 7.46. The topological polar surface area (TPSA) is 56.1 Å². The van der Waals surface area contributed by atoms with Gasteiger partial charge in [0.2, 0.25) is 5.91 Å². The van der Waals surface area contributed by atoms with Crippen molar-refractivity contribution in [3.63, 3.8) is 0 Å². The summed E-state index contributed by atoms with van der Waals surface area (Å²) in [6, 6.07) is 10.6. The molecule has 0 spiro atoms. The van der Waals surface area contributed by atoms with Gasteiger partial charge in [-0.15, -0.1) is 0 Å². The third-order valence-electron chi connectivity index (χ3n) is 4.36. The van der Waals surface area contributed by atoms with Gasteiger partial charge in [0.05, 0.1) is 12.6 Å². The van der Waals surface area contributed by atoms with E-state index in [0.717, 1.165) is 19.5 Å². The molecule has 1 amide bonds. The number of nitriles is 1. The van der Waals surface area contributed by atoms with Gasteiger partial charge in [-0.25, -0.2) is 0 Å². The lowest BCUT2D eigenvalue weighted by Crippen LogP contribution is -2.52. The van der Waals surface area contributed by atoms with Crippen LogP contribution in [0, 0.1) is 17.2 Å². The molecule has 0 radical (unpaired) electrons. The van der Waals surface area contributed by atoms with Crippen molar-refractivity contribution in [2.45, 2.75) is 39.3 Å². The number of carbonyl (C=O) groups is 1. The van der Waals surface area contributed by atoms with Gasteiger partial charge >= 0.3 is 0 Å². The normalized spacial score (nSPS) is 17.7. The second-order valence-electron chi connectivity index (χ2n) is 6.25. The lowest BCUT2D eigenvalue weighted by Gasteiger charge is -2.31. The van der Waals surface area contributed by atoms with Gasteiger partial charge in [-0.2, -0.15) is 5.26 Å². The maximum absolute atomic E-state index is 12.2. The predicted octanol–water partition coefficient (Wildman–Crippen LogP) is 2.10. The molecule has 0 bridgehead atoms. The van der Waals surface area contributed by atoms with Crippen LogP contribution < -0.4 is 5.32 Å². The smallest absolute Gasteiger partial charge is 0.235 e. The highest BCUT2D eigenvalue weighted by Crippen LogP contribution is 2.19. The third kappa shape index (κ3) is 3.62. The molecular weight excluding hydrogens is 262 g/mol. The van der Waals surface area contributed by atoms with E-state index >= 15 is 0 Å². The fourth-order valence-corrected chi connectivity index (χ4v) is 2.52. The van der Waals surface area contributed by atoms with E-state index in [1.54, 1.807) is 6.92 Å². The Morgan fingerprint density at radius 2 is 2.10 bits per heavy atom. The van der Waals surface area contributed by atoms with E-state index in [4.69, 9.17) is 0 Å². The minimum absolute atomic E-state index is 0.0767. The fourth-order valence-electron chi connectivity index (χ4n) is 2.52. The zero-order valence-electron chi connectivity index (χ0n) is 13.0. The molecule has 112 valence electrons. The number of amides is 1. The molecule has 0 saturated carbocycles. The lowest BCUT2D eigenvalue weighted by molar-refractivity contribution is -0.124. The van der Waals surface area contributed by atoms with Gasteiger partial charge in [-0.3, -0.25) is 9.69 Å². The molecule has 1 heterocycles. The summed E-state index contributed by atoms with van der Waals surface area (Å²) in [6.07, 6.45) is 0.975. The molecule has 0 unspecified atom stereocenters. The fraction of sp³-hybridized carbons (Fsp3) is 0.529. The number of nitrogens with one attached hydrogen (secondary N) is 1. The van der Waals surface area contributed by atoms with Crippen molar-refractivity contribution in [2.24, 2.45) is 5.92 Å². The van der Waals surface area contributed by atoms with Crippen LogP contribution in [0.25, 0.3) is 0 Å². The Hall–Kier alpha value is -1.86. The second kappa shape index (κ2) is 6.28. The second-order valence-corrected chi connectivity index (χ2v) is 6.25. The van der Waals surface area contributed by atoms with Crippen molar-refractivity contribution >= 4 is 5.91 Å². The summed E-state index contributed by atoms with van der Waals surface area (Å²) in [4.78, 5) is 14.3. The number of benzene rings is 1. The van der Waals surface area contributed by atoms with Gasteiger partial charge in [-0.1, -0.05) is 38.1 Å². The summed E-state index contributed by atoms with van der Waals surface area (Å²) in [5, 5.41) is 12.1. The first-order valence-electron chi connectivity index (χ1n) is 7.46. The minimum atomic E-state index is -0.801. The molecule has 1 N–H and O–H groups in total. The predicted molar refractivity (Wildman–Crippen MR) is 82.4 cm³/mol. The van der Waals surface area contributed by atoms with Crippen LogP contribution in [0.4, 0.5) is 0 Å². The summed E-state index contributed by atoms with van der Waals surface area (Å²) in [5.41, 5.74) is 1.87. The third-order valence-corrected chi connectivity index (χ3v) is 4.36. The van der Waals surface area contributed by atoms with Gasteiger partial charge in [0.15, 0.2) is 0 Å².